The molecule has 1 aromatic rings. The number of halogens is 3. The summed E-state index contributed by atoms with van der Waals surface area (Å²) in [4.78, 5) is 34.0. The number of carbonyl (C=O) groups is 3. The number of amides is 3. The fourth-order valence-corrected chi connectivity index (χ4v) is 1.55. The summed E-state index contributed by atoms with van der Waals surface area (Å²) < 4.78 is 47.0. The quantitative estimate of drug-likeness (QED) is 0.754. The van der Waals surface area contributed by atoms with Crippen LogP contribution in [0.1, 0.15) is 19.4 Å². The van der Waals surface area contributed by atoms with Crippen LogP contribution >= 0.6 is 0 Å². The average Bonchev–Trinajstić information content (AvgIpc) is 2.49. The lowest BCUT2D eigenvalue weighted by molar-refractivity contribution is -0.150. The Balaban J connectivity index is 2.38. The van der Waals surface area contributed by atoms with Gasteiger partial charge in [0.25, 0.3) is 5.91 Å². The zero-order chi connectivity index (χ0) is 19.0. The van der Waals surface area contributed by atoms with Crippen LogP contribution in [0.4, 0.5) is 18.0 Å². The molecule has 0 atom stereocenters. The number of hydrogen-bond acceptors (Lipinski definition) is 5. The van der Waals surface area contributed by atoms with Crippen molar-refractivity contribution in [3.63, 3.8) is 0 Å². The number of benzene rings is 1. The van der Waals surface area contributed by atoms with Gasteiger partial charge in [0.2, 0.25) is 0 Å². The van der Waals surface area contributed by atoms with Crippen molar-refractivity contribution in [2.75, 3.05) is 13.2 Å². The first kappa shape index (κ1) is 20.3. The Morgan fingerprint density at radius 1 is 1.16 bits per heavy atom. The molecule has 7 nitrogen and oxygen atoms in total. The molecule has 0 bridgehead atoms. The van der Waals surface area contributed by atoms with Crippen LogP contribution in [0.5, 0.6) is 5.75 Å². The first-order chi connectivity index (χ1) is 11.6. The lowest BCUT2D eigenvalue weighted by Crippen LogP contribution is -2.44. The van der Waals surface area contributed by atoms with E-state index >= 15 is 0 Å². The molecule has 2 N–H and O–H groups in total. The number of carbonyl (C=O) groups excluding carboxylic acids is 3. The molecule has 0 radical (unpaired) electrons. The number of urea groups is 1. The minimum Gasteiger partial charge on any atom is -0.482 e. The van der Waals surface area contributed by atoms with Gasteiger partial charge in [0.1, 0.15) is 5.75 Å². The fraction of sp³-hybridized carbons (Fsp3) is 0.400. The maximum Gasteiger partial charge on any atom is 0.416 e. The summed E-state index contributed by atoms with van der Waals surface area (Å²) in [6, 6.07) is 3.04. The van der Waals surface area contributed by atoms with Crippen LogP contribution in [0.25, 0.3) is 0 Å². The van der Waals surface area contributed by atoms with Gasteiger partial charge in [0, 0.05) is 6.04 Å². The van der Waals surface area contributed by atoms with Crippen LogP contribution in [-0.2, 0) is 20.5 Å². The highest BCUT2D eigenvalue weighted by Gasteiger charge is 2.30. The smallest absolute Gasteiger partial charge is 0.416 e. The highest BCUT2D eigenvalue weighted by atomic mass is 19.4. The molecule has 0 heterocycles. The van der Waals surface area contributed by atoms with Crippen LogP contribution in [0.15, 0.2) is 24.3 Å². The molecule has 0 aliphatic carbocycles. The second kappa shape index (κ2) is 8.90. The predicted molar refractivity (Wildman–Crippen MR) is 79.7 cm³/mol. The van der Waals surface area contributed by atoms with Crippen molar-refractivity contribution < 1.29 is 37.0 Å². The van der Waals surface area contributed by atoms with Crippen molar-refractivity contribution in [1.82, 2.24) is 10.6 Å². The van der Waals surface area contributed by atoms with Gasteiger partial charge >= 0.3 is 18.2 Å². The highest BCUT2D eigenvalue weighted by molar-refractivity contribution is 5.95. The van der Waals surface area contributed by atoms with Crippen LogP contribution in [-0.4, -0.2) is 37.2 Å². The van der Waals surface area contributed by atoms with Crippen LogP contribution < -0.4 is 15.4 Å². The van der Waals surface area contributed by atoms with Gasteiger partial charge in [-0.15, -0.1) is 0 Å². The van der Waals surface area contributed by atoms with E-state index in [-0.39, 0.29) is 11.8 Å². The third-order valence-electron chi connectivity index (χ3n) is 2.56. The molecule has 0 aliphatic rings. The lowest BCUT2D eigenvalue weighted by Gasteiger charge is -2.11. The molecule has 0 spiro atoms. The normalized spacial score (nSPS) is 11.0. The zero-order valence-electron chi connectivity index (χ0n) is 13.5. The van der Waals surface area contributed by atoms with Crippen LogP contribution in [0, 0.1) is 0 Å². The monoisotopic (exact) mass is 362 g/mol. The van der Waals surface area contributed by atoms with E-state index < -0.39 is 42.9 Å². The van der Waals surface area contributed by atoms with Crippen molar-refractivity contribution >= 4 is 17.9 Å². The van der Waals surface area contributed by atoms with E-state index in [4.69, 9.17) is 4.74 Å². The topological polar surface area (TPSA) is 93.7 Å². The molecule has 10 heteroatoms. The Labute approximate surface area is 141 Å². The molecule has 0 aliphatic heterocycles. The Morgan fingerprint density at radius 3 is 2.44 bits per heavy atom. The van der Waals surface area contributed by atoms with Gasteiger partial charge in [-0.2, -0.15) is 13.2 Å². The fourth-order valence-electron chi connectivity index (χ4n) is 1.55. The number of esters is 1. The third-order valence-corrected chi connectivity index (χ3v) is 2.56. The predicted octanol–water partition coefficient (Wildman–Crippen LogP) is 1.86. The van der Waals surface area contributed by atoms with E-state index in [1.807, 2.05) is 5.32 Å². The Hall–Kier alpha value is -2.78. The molecule has 1 rings (SSSR count). The minimum atomic E-state index is -4.53. The number of ether oxygens (including phenoxy) is 2. The molecule has 0 aromatic heterocycles. The van der Waals surface area contributed by atoms with E-state index in [0.717, 1.165) is 18.2 Å². The number of imide groups is 1. The standard InChI is InChI=1S/C15H17F3N2O5/c1-9(2)19-14(23)20-12(21)7-25-13(22)8-24-11-5-3-4-10(6-11)15(16,17)18/h3-6,9H,7-8H2,1-2H3,(H2,19,20,21,23). The number of nitrogens with one attached hydrogen (secondary N) is 2. The molecule has 0 fully saturated rings. The number of hydrogen-bond donors (Lipinski definition) is 2. The SMILES string of the molecule is CC(C)NC(=O)NC(=O)COC(=O)COc1cccc(C(F)(F)F)c1. The largest absolute Gasteiger partial charge is 0.482 e. The van der Waals surface area contributed by atoms with E-state index in [9.17, 15) is 27.6 Å². The van der Waals surface area contributed by atoms with E-state index in [1.54, 1.807) is 13.8 Å². The van der Waals surface area contributed by atoms with E-state index in [2.05, 4.69) is 10.1 Å². The van der Waals surface area contributed by atoms with Crippen molar-refractivity contribution in [3.8, 4) is 5.75 Å². The zero-order valence-corrected chi connectivity index (χ0v) is 13.5. The minimum absolute atomic E-state index is 0.174. The first-order valence-corrected chi connectivity index (χ1v) is 7.14. The molecular weight excluding hydrogens is 345 g/mol. The number of alkyl halides is 3. The summed E-state index contributed by atoms with van der Waals surface area (Å²) in [6.07, 6.45) is -4.53. The maximum absolute atomic E-state index is 12.5. The van der Waals surface area contributed by atoms with Gasteiger partial charge in [-0.05, 0) is 32.0 Å². The van der Waals surface area contributed by atoms with E-state index in [1.165, 1.54) is 6.07 Å². The lowest BCUT2D eigenvalue weighted by atomic mass is 10.2. The number of rotatable bonds is 6. The van der Waals surface area contributed by atoms with Gasteiger partial charge in [0.15, 0.2) is 13.2 Å². The molecule has 0 unspecified atom stereocenters. The molecule has 1 aromatic carbocycles. The van der Waals surface area contributed by atoms with E-state index in [0.29, 0.717) is 0 Å². The van der Waals surface area contributed by atoms with Crippen LogP contribution in [0.3, 0.4) is 0 Å². The summed E-state index contributed by atoms with van der Waals surface area (Å²) in [5.41, 5.74) is -0.922. The summed E-state index contributed by atoms with van der Waals surface area (Å²) in [6.45, 7) is 1.97. The molecular formula is C15H17F3N2O5. The summed E-state index contributed by atoms with van der Waals surface area (Å²) in [7, 11) is 0. The van der Waals surface area contributed by atoms with Gasteiger partial charge in [0.05, 0.1) is 5.56 Å². The average molecular weight is 362 g/mol. The first-order valence-electron chi connectivity index (χ1n) is 7.14. The third kappa shape index (κ3) is 8.04. The van der Waals surface area contributed by atoms with Gasteiger partial charge in [-0.25, -0.2) is 9.59 Å². The van der Waals surface area contributed by atoms with Gasteiger partial charge in [-0.1, -0.05) is 6.07 Å². The Kier molecular flexibility index (Phi) is 7.22. The van der Waals surface area contributed by atoms with Crippen molar-refractivity contribution in [3.05, 3.63) is 29.8 Å². The van der Waals surface area contributed by atoms with Crippen molar-refractivity contribution in [2.24, 2.45) is 0 Å². The highest BCUT2D eigenvalue weighted by Crippen LogP contribution is 2.31. The Bertz CT molecular complexity index is 632. The summed E-state index contributed by atoms with van der Waals surface area (Å²) >= 11 is 0. The molecule has 0 saturated heterocycles. The second-order valence-corrected chi connectivity index (χ2v) is 5.15. The molecule has 3 amide bonds. The van der Waals surface area contributed by atoms with Gasteiger partial charge < -0.3 is 14.8 Å². The van der Waals surface area contributed by atoms with Crippen LogP contribution in [0.2, 0.25) is 0 Å². The molecule has 138 valence electrons. The summed E-state index contributed by atoms with van der Waals surface area (Å²) in [5.74, 6) is -2.00. The van der Waals surface area contributed by atoms with Gasteiger partial charge in [-0.3, -0.25) is 10.1 Å². The molecule has 0 saturated carbocycles. The Morgan fingerprint density at radius 2 is 1.84 bits per heavy atom. The molecule has 25 heavy (non-hydrogen) atoms. The maximum atomic E-state index is 12.5. The van der Waals surface area contributed by atoms with Crippen molar-refractivity contribution in [2.45, 2.75) is 26.1 Å². The summed E-state index contributed by atoms with van der Waals surface area (Å²) in [5, 5.41) is 4.33. The second-order valence-electron chi connectivity index (χ2n) is 5.15. The van der Waals surface area contributed by atoms with Crippen molar-refractivity contribution in [1.29, 1.82) is 0 Å².